The van der Waals surface area contributed by atoms with Crippen LogP contribution in [-0.4, -0.2) is 22.0 Å². The number of hydrogen-bond acceptors (Lipinski definition) is 4. The number of carboxylic acids is 1. The molecule has 0 bridgehead atoms. The van der Waals surface area contributed by atoms with Crippen LogP contribution in [0.2, 0.25) is 5.02 Å². The summed E-state index contributed by atoms with van der Waals surface area (Å²) < 4.78 is 0. The van der Waals surface area contributed by atoms with Crippen LogP contribution in [0.25, 0.3) is 0 Å². The van der Waals surface area contributed by atoms with Crippen LogP contribution in [-0.2, 0) is 16.0 Å². The number of benzene rings is 1. The molecule has 0 radical (unpaired) electrons. The highest BCUT2D eigenvalue weighted by Crippen LogP contribution is 2.23. The molecule has 0 saturated heterocycles. The van der Waals surface area contributed by atoms with Crippen LogP contribution in [0.15, 0.2) is 29.8 Å². The fourth-order valence-electron chi connectivity index (χ4n) is 2.01. The van der Waals surface area contributed by atoms with Gasteiger partial charge in [0.05, 0.1) is 11.2 Å². The van der Waals surface area contributed by atoms with Crippen LogP contribution in [0.1, 0.15) is 28.6 Å². The summed E-state index contributed by atoms with van der Waals surface area (Å²) in [6.07, 6.45) is 0.745. The summed E-state index contributed by atoms with van der Waals surface area (Å²) in [6.45, 7) is 1.88. The Morgan fingerprint density at radius 1 is 1.41 bits per heavy atom. The standard InChI is InChI=1S/C15H15ClN2O3S/c1-9-12(22-8-17-9)6-7-13(19)18-14(15(20)21)10-4-2-3-5-11(10)16/h2-5,8,14H,6-7H2,1H3,(H,18,19)(H,20,21)/t14-/m1/s1. The molecule has 2 N–H and O–H groups in total. The van der Waals surface area contributed by atoms with Crippen LogP contribution in [0, 0.1) is 6.92 Å². The monoisotopic (exact) mass is 338 g/mol. The maximum Gasteiger partial charge on any atom is 0.330 e. The summed E-state index contributed by atoms with van der Waals surface area (Å²) in [5, 5.41) is 12.1. The molecule has 0 aliphatic rings. The minimum atomic E-state index is -1.15. The molecule has 1 amide bonds. The highest BCUT2D eigenvalue weighted by atomic mass is 35.5. The van der Waals surface area contributed by atoms with E-state index in [9.17, 15) is 14.7 Å². The minimum Gasteiger partial charge on any atom is -0.479 e. The number of thiazole rings is 1. The number of aryl methyl sites for hydroxylation is 2. The Hall–Kier alpha value is -1.92. The van der Waals surface area contributed by atoms with Crippen molar-refractivity contribution in [1.29, 1.82) is 0 Å². The van der Waals surface area contributed by atoms with E-state index >= 15 is 0 Å². The predicted molar refractivity (Wildman–Crippen MR) is 85.1 cm³/mol. The smallest absolute Gasteiger partial charge is 0.330 e. The van der Waals surface area contributed by atoms with Crippen molar-refractivity contribution < 1.29 is 14.7 Å². The quantitative estimate of drug-likeness (QED) is 0.848. The van der Waals surface area contributed by atoms with Gasteiger partial charge in [0.25, 0.3) is 0 Å². The molecule has 0 aliphatic carbocycles. The molecule has 7 heteroatoms. The van der Waals surface area contributed by atoms with Gasteiger partial charge in [-0.25, -0.2) is 9.78 Å². The molecule has 1 aromatic heterocycles. The third kappa shape index (κ3) is 4.05. The van der Waals surface area contributed by atoms with E-state index in [1.807, 2.05) is 6.92 Å². The van der Waals surface area contributed by atoms with Gasteiger partial charge in [0.1, 0.15) is 0 Å². The summed E-state index contributed by atoms with van der Waals surface area (Å²) in [7, 11) is 0. The third-order valence-corrected chi connectivity index (χ3v) is 4.53. The Kier molecular flexibility index (Phi) is 5.51. The maximum absolute atomic E-state index is 12.0. The summed E-state index contributed by atoms with van der Waals surface area (Å²) in [5.41, 5.74) is 3.00. The summed E-state index contributed by atoms with van der Waals surface area (Å²) in [6, 6.07) is 5.43. The lowest BCUT2D eigenvalue weighted by atomic mass is 10.1. The van der Waals surface area contributed by atoms with Crippen molar-refractivity contribution in [3.05, 3.63) is 50.9 Å². The van der Waals surface area contributed by atoms with Gasteiger partial charge in [-0.05, 0) is 19.4 Å². The van der Waals surface area contributed by atoms with Gasteiger partial charge in [-0.15, -0.1) is 11.3 Å². The Morgan fingerprint density at radius 3 is 2.73 bits per heavy atom. The summed E-state index contributed by atoms with van der Waals surface area (Å²) in [4.78, 5) is 28.6. The van der Waals surface area contributed by atoms with E-state index in [0.717, 1.165) is 10.6 Å². The Labute approximate surface area is 137 Å². The van der Waals surface area contributed by atoms with Crippen LogP contribution >= 0.6 is 22.9 Å². The highest BCUT2D eigenvalue weighted by molar-refractivity contribution is 7.09. The largest absolute Gasteiger partial charge is 0.479 e. The summed E-state index contributed by atoms with van der Waals surface area (Å²) in [5.74, 6) is -1.48. The first-order valence-electron chi connectivity index (χ1n) is 6.64. The van der Waals surface area contributed by atoms with Crippen LogP contribution in [0.5, 0.6) is 0 Å². The molecule has 22 heavy (non-hydrogen) atoms. The molecule has 1 atom stereocenters. The molecule has 0 spiro atoms. The number of carbonyl (C=O) groups is 2. The molecule has 0 fully saturated rings. The lowest BCUT2D eigenvalue weighted by Crippen LogP contribution is -2.34. The van der Waals surface area contributed by atoms with Crippen molar-refractivity contribution in [3.8, 4) is 0 Å². The van der Waals surface area contributed by atoms with Gasteiger partial charge in [-0.3, -0.25) is 4.79 Å². The number of amides is 1. The van der Waals surface area contributed by atoms with Gasteiger partial charge >= 0.3 is 5.97 Å². The summed E-state index contributed by atoms with van der Waals surface area (Å²) >= 11 is 7.49. The number of nitrogens with zero attached hydrogens (tertiary/aromatic N) is 1. The molecule has 116 valence electrons. The van der Waals surface area contributed by atoms with E-state index in [-0.39, 0.29) is 12.3 Å². The average molecular weight is 339 g/mol. The van der Waals surface area contributed by atoms with Crippen molar-refractivity contribution in [2.75, 3.05) is 0 Å². The van der Waals surface area contributed by atoms with E-state index in [0.29, 0.717) is 17.0 Å². The zero-order valence-electron chi connectivity index (χ0n) is 11.9. The fourth-order valence-corrected chi connectivity index (χ4v) is 3.03. The van der Waals surface area contributed by atoms with Crippen LogP contribution < -0.4 is 5.32 Å². The number of aliphatic carboxylic acids is 1. The van der Waals surface area contributed by atoms with E-state index < -0.39 is 12.0 Å². The lowest BCUT2D eigenvalue weighted by molar-refractivity contribution is -0.142. The zero-order valence-corrected chi connectivity index (χ0v) is 13.4. The SMILES string of the molecule is Cc1ncsc1CCC(=O)N[C@@H](C(=O)O)c1ccccc1Cl. The first-order valence-corrected chi connectivity index (χ1v) is 7.90. The van der Waals surface area contributed by atoms with Crippen molar-refractivity contribution in [2.24, 2.45) is 0 Å². The number of aromatic nitrogens is 1. The van der Waals surface area contributed by atoms with Crippen LogP contribution in [0.3, 0.4) is 0 Å². The third-order valence-electron chi connectivity index (χ3n) is 3.19. The van der Waals surface area contributed by atoms with Crippen molar-refractivity contribution in [3.63, 3.8) is 0 Å². The van der Waals surface area contributed by atoms with Crippen LogP contribution in [0.4, 0.5) is 0 Å². The molecule has 2 rings (SSSR count). The first-order chi connectivity index (χ1) is 10.5. The Balaban J connectivity index is 2.02. The van der Waals surface area contributed by atoms with Gasteiger partial charge in [-0.2, -0.15) is 0 Å². The number of halogens is 1. The topological polar surface area (TPSA) is 79.3 Å². The van der Waals surface area contributed by atoms with Crippen molar-refractivity contribution >= 4 is 34.8 Å². The molecular formula is C15H15ClN2O3S. The normalized spacial score (nSPS) is 11.9. The molecule has 2 aromatic rings. The van der Waals surface area contributed by atoms with Gasteiger partial charge in [-0.1, -0.05) is 29.8 Å². The zero-order chi connectivity index (χ0) is 16.1. The highest BCUT2D eigenvalue weighted by Gasteiger charge is 2.24. The number of nitrogens with one attached hydrogen (secondary N) is 1. The molecule has 1 heterocycles. The maximum atomic E-state index is 12.0. The number of carboxylic acid groups (broad SMARTS) is 1. The molecule has 0 saturated carbocycles. The molecular weight excluding hydrogens is 324 g/mol. The van der Waals surface area contributed by atoms with Gasteiger partial charge in [0.2, 0.25) is 5.91 Å². The minimum absolute atomic E-state index is 0.206. The predicted octanol–water partition coefficient (Wildman–Crippen LogP) is 2.98. The Morgan fingerprint density at radius 2 is 2.14 bits per heavy atom. The van der Waals surface area contributed by atoms with Crippen molar-refractivity contribution in [2.45, 2.75) is 25.8 Å². The number of rotatable bonds is 6. The Bertz CT molecular complexity index is 687. The molecule has 5 nitrogen and oxygen atoms in total. The van der Waals surface area contributed by atoms with E-state index in [2.05, 4.69) is 10.3 Å². The first kappa shape index (κ1) is 16.5. The second kappa shape index (κ2) is 7.38. The van der Waals surface area contributed by atoms with E-state index in [1.54, 1.807) is 29.8 Å². The van der Waals surface area contributed by atoms with Gasteiger partial charge in [0.15, 0.2) is 6.04 Å². The van der Waals surface area contributed by atoms with E-state index in [4.69, 9.17) is 11.6 Å². The number of hydrogen-bond donors (Lipinski definition) is 2. The molecule has 1 aromatic carbocycles. The van der Waals surface area contributed by atoms with E-state index in [1.165, 1.54) is 11.3 Å². The number of carbonyl (C=O) groups excluding carboxylic acids is 1. The average Bonchev–Trinajstić information content (AvgIpc) is 2.88. The van der Waals surface area contributed by atoms with Gasteiger partial charge in [0, 0.05) is 21.9 Å². The molecule has 0 aliphatic heterocycles. The molecule has 0 unspecified atom stereocenters. The second-order valence-electron chi connectivity index (χ2n) is 4.72. The lowest BCUT2D eigenvalue weighted by Gasteiger charge is -2.16. The van der Waals surface area contributed by atoms with Crippen molar-refractivity contribution in [1.82, 2.24) is 10.3 Å². The second-order valence-corrected chi connectivity index (χ2v) is 6.07. The van der Waals surface area contributed by atoms with Gasteiger partial charge < -0.3 is 10.4 Å². The fraction of sp³-hybridized carbons (Fsp3) is 0.267.